The summed E-state index contributed by atoms with van der Waals surface area (Å²) in [7, 11) is 0. The summed E-state index contributed by atoms with van der Waals surface area (Å²) in [6.45, 7) is 6.81. The number of benzene rings is 3. The molecular formula is C35H28N2OS3. The Morgan fingerprint density at radius 2 is 1.15 bits per heavy atom. The normalized spacial score (nSPS) is 11.9. The van der Waals surface area contributed by atoms with Crippen LogP contribution in [-0.4, -0.2) is 10.9 Å². The number of carbonyl (C=O) groups is 1. The van der Waals surface area contributed by atoms with Crippen LogP contribution in [0.15, 0.2) is 109 Å². The minimum absolute atomic E-state index is 0.0736. The van der Waals surface area contributed by atoms with E-state index in [0.717, 1.165) is 33.1 Å². The molecule has 7 rings (SSSR count). The lowest BCUT2D eigenvalue weighted by Crippen LogP contribution is -2.20. The van der Waals surface area contributed by atoms with Crippen LogP contribution in [0.2, 0.25) is 0 Å². The van der Waals surface area contributed by atoms with Gasteiger partial charge in [-0.3, -0.25) is 4.79 Å². The first-order chi connectivity index (χ1) is 19.9. The molecule has 0 aliphatic heterocycles. The molecule has 3 nitrogen and oxygen atoms in total. The molecule has 41 heavy (non-hydrogen) atoms. The molecule has 0 fully saturated rings. The van der Waals surface area contributed by atoms with Crippen molar-refractivity contribution in [1.82, 2.24) is 4.57 Å². The Kier molecular flexibility index (Phi) is 6.42. The number of para-hydroxylation sites is 2. The maximum atomic E-state index is 11.3. The largest absolute Gasteiger partial charge is 0.334 e. The maximum Gasteiger partial charge on any atom is 0.160 e. The van der Waals surface area contributed by atoms with Crippen molar-refractivity contribution in [1.29, 1.82) is 0 Å². The van der Waals surface area contributed by atoms with Crippen LogP contribution in [0, 0.1) is 0 Å². The quantitative estimate of drug-likeness (QED) is 0.181. The van der Waals surface area contributed by atoms with Gasteiger partial charge in [-0.25, -0.2) is 0 Å². The zero-order chi connectivity index (χ0) is 28.1. The van der Waals surface area contributed by atoms with Gasteiger partial charge in [0.1, 0.15) is 0 Å². The number of thiophene rings is 3. The molecule has 0 saturated carbocycles. The highest BCUT2D eigenvalue weighted by Gasteiger charge is 2.25. The second-order valence-electron chi connectivity index (χ2n) is 11.0. The molecule has 0 N–H and O–H groups in total. The number of anilines is 3. The molecule has 0 amide bonds. The van der Waals surface area contributed by atoms with E-state index in [1.54, 1.807) is 11.3 Å². The monoisotopic (exact) mass is 588 g/mol. The minimum atomic E-state index is -0.0736. The van der Waals surface area contributed by atoms with E-state index < -0.39 is 0 Å². The molecule has 4 heterocycles. The van der Waals surface area contributed by atoms with Crippen LogP contribution in [0.1, 0.15) is 30.4 Å². The molecular weight excluding hydrogens is 561 g/mol. The van der Waals surface area contributed by atoms with Gasteiger partial charge in [-0.15, -0.1) is 34.0 Å². The lowest BCUT2D eigenvalue weighted by Gasteiger charge is -2.25. The fourth-order valence-electron chi connectivity index (χ4n) is 5.46. The Labute approximate surface area is 251 Å². The lowest BCUT2D eigenvalue weighted by molar-refractivity contribution is 0.112. The number of aldehydes is 1. The van der Waals surface area contributed by atoms with Crippen molar-refractivity contribution in [3.05, 3.63) is 114 Å². The Bertz CT molecular complexity index is 1950. The third kappa shape index (κ3) is 4.62. The van der Waals surface area contributed by atoms with Crippen LogP contribution < -0.4 is 4.90 Å². The van der Waals surface area contributed by atoms with Gasteiger partial charge in [0, 0.05) is 37.2 Å². The van der Waals surface area contributed by atoms with E-state index in [4.69, 9.17) is 0 Å². The van der Waals surface area contributed by atoms with Crippen molar-refractivity contribution < 1.29 is 4.79 Å². The summed E-state index contributed by atoms with van der Waals surface area (Å²) in [5.74, 6) is 0. The molecule has 0 atom stereocenters. The molecule has 0 aliphatic rings. The van der Waals surface area contributed by atoms with Crippen LogP contribution in [0.25, 0.3) is 40.6 Å². The van der Waals surface area contributed by atoms with Crippen LogP contribution in [0.3, 0.4) is 0 Å². The molecule has 6 heteroatoms. The summed E-state index contributed by atoms with van der Waals surface area (Å²) in [6.07, 6.45) is 0.935. The van der Waals surface area contributed by atoms with Gasteiger partial charge in [0.05, 0.1) is 25.3 Å². The van der Waals surface area contributed by atoms with Gasteiger partial charge in [-0.2, -0.15) is 0 Å². The van der Waals surface area contributed by atoms with Gasteiger partial charge < -0.3 is 9.47 Å². The summed E-state index contributed by atoms with van der Waals surface area (Å²) in [4.78, 5) is 18.0. The van der Waals surface area contributed by atoms with Gasteiger partial charge in [0.25, 0.3) is 0 Å². The molecule has 4 aromatic heterocycles. The van der Waals surface area contributed by atoms with Crippen molar-refractivity contribution in [2.75, 3.05) is 4.90 Å². The van der Waals surface area contributed by atoms with E-state index in [0.29, 0.717) is 0 Å². The van der Waals surface area contributed by atoms with Crippen molar-refractivity contribution in [3.63, 3.8) is 0 Å². The second kappa shape index (κ2) is 10.1. The number of hydrogen-bond acceptors (Lipinski definition) is 5. The van der Waals surface area contributed by atoms with E-state index >= 15 is 0 Å². The third-order valence-electron chi connectivity index (χ3n) is 7.21. The van der Waals surface area contributed by atoms with Crippen LogP contribution in [-0.2, 0) is 5.54 Å². The van der Waals surface area contributed by atoms with Gasteiger partial charge in [0.15, 0.2) is 6.29 Å². The number of carbonyl (C=O) groups excluding carboxylic acids is 1. The second-order valence-corrected chi connectivity index (χ2v) is 14.2. The molecule has 0 spiro atoms. The van der Waals surface area contributed by atoms with Gasteiger partial charge in [-0.05, 0) is 87.0 Å². The van der Waals surface area contributed by atoms with E-state index in [1.165, 1.54) is 35.8 Å². The molecule has 3 aromatic carbocycles. The average molecular weight is 589 g/mol. The fourth-order valence-corrected chi connectivity index (χ4v) is 8.80. The highest BCUT2D eigenvalue weighted by molar-refractivity contribution is 7.31. The molecule has 7 aromatic rings. The Balaban J connectivity index is 1.31. The van der Waals surface area contributed by atoms with Gasteiger partial charge in [-0.1, -0.05) is 48.5 Å². The summed E-state index contributed by atoms with van der Waals surface area (Å²) in [5.41, 5.74) is 7.09. The molecule has 0 radical (unpaired) electrons. The van der Waals surface area contributed by atoms with E-state index in [9.17, 15) is 4.79 Å². The zero-order valence-corrected chi connectivity index (χ0v) is 25.4. The first kappa shape index (κ1) is 26.0. The highest BCUT2D eigenvalue weighted by Crippen LogP contribution is 2.48. The third-order valence-corrected chi connectivity index (χ3v) is 10.9. The number of fused-ring (bicyclic) bond motifs is 3. The Morgan fingerprint density at radius 1 is 0.610 bits per heavy atom. The lowest BCUT2D eigenvalue weighted by atomic mass is 10.1. The SMILES string of the molecule is CC(C)(C)n1c2cc(-c3ccc(N(c4ccccc4)c4ccccc4)cc3)sc2c2sc(-c3ccc(C=O)s3)cc21. The number of nitrogens with zero attached hydrogens (tertiary/aromatic N) is 2. The number of hydrogen-bond donors (Lipinski definition) is 0. The molecule has 0 unspecified atom stereocenters. The van der Waals surface area contributed by atoms with Crippen LogP contribution in [0.5, 0.6) is 0 Å². The summed E-state index contributed by atoms with van der Waals surface area (Å²) < 4.78 is 5.12. The maximum absolute atomic E-state index is 11.3. The fraction of sp³-hybridized carbons (Fsp3) is 0.114. The van der Waals surface area contributed by atoms with Crippen LogP contribution >= 0.6 is 34.0 Å². The topological polar surface area (TPSA) is 25.2 Å². The standard InChI is InChI=1S/C35H28N2OS3/c1-35(2,3)37-28-20-31(40-33(28)34-29(37)21-32(41-34)30-19-18-27(22-38)39-30)23-14-16-26(17-15-23)36(24-10-6-4-7-11-24)25-12-8-5-9-13-25/h4-22H,1-3H3. The highest BCUT2D eigenvalue weighted by atomic mass is 32.1. The van der Waals surface area contributed by atoms with Crippen molar-refractivity contribution in [2.24, 2.45) is 0 Å². The summed E-state index contributed by atoms with van der Waals surface area (Å²) in [5, 5.41) is 0. The number of rotatable bonds is 6. The van der Waals surface area contributed by atoms with Crippen molar-refractivity contribution >= 4 is 77.8 Å². The minimum Gasteiger partial charge on any atom is -0.334 e. The molecule has 0 saturated heterocycles. The number of aromatic nitrogens is 1. The van der Waals surface area contributed by atoms with E-state index in [1.807, 2.05) is 28.7 Å². The zero-order valence-electron chi connectivity index (χ0n) is 23.0. The van der Waals surface area contributed by atoms with E-state index in [2.05, 4.69) is 133 Å². The summed E-state index contributed by atoms with van der Waals surface area (Å²) in [6, 6.07) is 38.6. The Hall–Kier alpha value is -3.97. The van der Waals surface area contributed by atoms with Crippen LogP contribution in [0.4, 0.5) is 17.1 Å². The predicted octanol–water partition coefficient (Wildman–Crippen LogP) is 11.4. The first-order valence-electron chi connectivity index (χ1n) is 13.5. The first-order valence-corrected chi connectivity index (χ1v) is 16.0. The molecule has 202 valence electrons. The van der Waals surface area contributed by atoms with E-state index in [-0.39, 0.29) is 5.54 Å². The Morgan fingerprint density at radius 3 is 1.68 bits per heavy atom. The average Bonchev–Trinajstić information content (AvgIpc) is 3.76. The van der Waals surface area contributed by atoms with Crippen molar-refractivity contribution in [3.8, 4) is 20.2 Å². The molecule has 0 aliphatic carbocycles. The van der Waals surface area contributed by atoms with Gasteiger partial charge >= 0.3 is 0 Å². The molecule has 0 bridgehead atoms. The van der Waals surface area contributed by atoms with Gasteiger partial charge in [0.2, 0.25) is 0 Å². The van der Waals surface area contributed by atoms with Crippen molar-refractivity contribution in [2.45, 2.75) is 26.3 Å². The summed E-state index contributed by atoms with van der Waals surface area (Å²) >= 11 is 5.25. The predicted molar refractivity (Wildman–Crippen MR) is 179 cm³/mol. The smallest absolute Gasteiger partial charge is 0.160 e.